The molecule has 1 amide bonds. The number of hydrogen-bond donors (Lipinski definition) is 0. The minimum atomic E-state index is -0.678. The van der Waals surface area contributed by atoms with Crippen LogP contribution in [0, 0.1) is 0 Å². The van der Waals surface area contributed by atoms with E-state index in [1.165, 1.54) is 29.6 Å². The van der Waals surface area contributed by atoms with E-state index in [9.17, 15) is 9.59 Å². The Morgan fingerprint density at radius 3 is 2.60 bits per heavy atom. The molecule has 0 aliphatic carbocycles. The van der Waals surface area contributed by atoms with Gasteiger partial charge in [0.15, 0.2) is 6.61 Å². The maximum atomic E-state index is 12.8. The molecule has 9 heteroatoms. The third-order valence-corrected chi connectivity index (χ3v) is 4.98. The van der Waals surface area contributed by atoms with E-state index < -0.39 is 24.5 Å². The van der Waals surface area contributed by atoms with Gasteiger partial charge in [0.05, 0.1) is 17.5 Å². The number of ether oxygens (including phenoxy) is 1. The Labute approximate surface area is 181 Å². The van der Waals surface area contributed by atoms with Gasteiger partial charge in [0.2, 0.25) is 0 Å². The van der Waals surface area contributed by atoms with Gasteiger partial charge >= 0.3 is 5.97 Å². The van der Waals surface area contributed by atoms with E-state index in [2.05, 4.69) is 10.1 Å². The van der Waals surface area contributed by atoms with Gasteiger partial charge < -0.3 is 9.15 Å². The second-order valence-corrected chi connectivity index (χ2v) is 7.30. The summed E-state index contributed by atoms with van der Waals surface area (Å²) in [6, 6.07) is 13.2. The summed E-state index contributed by atoms with van der Waals surface area (Å²) < 4.78 is 10.6. The summed E-state index contributed by atoms with van der Waals surface area (Å²) in [4.78, 5) is 28.8. The van der Waals surface area contributed by atoms with Gasteiger partial charge in [0.1, 0.15) is 17.0 Å². The highest BCUT2D eigenvalue weighted by Crippen LogP contribution is 2.33. The van der Waals surface area contributed by atoms with Crippen molar-refractivity contribution < 1.29 is 18.7 Å². The molecule has 0 unspecified atom stereocenters. The van der Waals surface area contributed by atoms with Crippen LogP contribution in [0.4, 0.5) is 0 Å². The van der Waals surface area contributed by atoms with Gasteiger partial charge in [0.25, 0.3) is 5.91 Å². The van der Waals surface area contributed by atoms with Crippen LogP contribution in [0.2, 0.25) is 10.2 Å². The van der Waals surface area contributed by atoms with Gasteiger partial charge in [0, 0.05) is 17.6 Å². The van der Waals surface area contributed by atoms with Crippen LogP contribution in [-0.4, -0.2) is 34.2 Å². The molecule has 2 aromatic heterocycles. The molecule has 4 rings (SSSR count). The molecule has 152 valence electrons. The minimum absolute atomic E-state index is 0.196. The maximum Gasteiger partial charge on any atom is 0.340 e. The van der Waals surface area contributed by atoms with Gasteiger partial charge in [-0.15, -0.1) is 0 Å². The number of furan rings is 1. The fourth-order valence-corrected chi connectivity index (χ4v) is 3.27. The predicted molar refractivity (Wildman–Crippen MR) is 110 cm³/mol. The SMILES string of the molecule is O=C(OCC(=O)N1N=C(c2ccc(Cl)cc2)C[C@@H]1c1ccco1)c1ccc(Cl)nc1. The van der Waals surface area contributed by atoms with Gasteiger partial charge in [-0.25, -0.2) is 14.8 Å². The second kappa shape index (κ2) is 8.69. The number of amides is 1. The number of hydrogen-bond acceptors (Lipinski definition) is 6. The van der Waals surface area contributed by atoms with E-state index in [1.807, 2.05) is 12.1 Å². The molecule has 7 nitrogen and oxygen atoms in total. The molecule has 1 atom stereocenters. The summed E-state index contributed by atoms with van der Waals surface area (Å²) in [5.74, 6) is -0.567. The molecule has 0 spiro atoms. The van der Waals surface area contributed by atoms with Crippen LogP contribution in [-0.2, 0) is 9.53 Å². The van der Waals surface area contributed by atoms with E-state index in [0.717, 1.165) is 5.56 Å². The van der Waals surface area contributed by atoms with Crippen molar-refractivity contribution in [2.45, 2.75) is 12.5 Å². The normalized spacial score (nSPS) is 15.7. The number of benzene rings is 1. The van der Waals surface area contributed by atoms with Crippen molar-refractivity contribution in [3.63, 3.8) is 0 Å². The maximum absolute atomic E-state index is 12.8. The molecule has 0 saturated carbocycles. The summed E-state index contributed by atoms with van der Waals surface area (Å²) in [6.45, 7) is -0.476. The van der Waals surface area contributed by atoms with Crippen molar-refractivity contribution >= 4 is 40.8 Å². The van der Waals surface area contributed by atoms with E-state index in [-0.39, 0.29) is 10.7 Å². The van der Waals surface area contributed by atoms with Gasteiger partial charge in [-0.3, -0.25) is 4.79 Å². The lowest BCUT2D eigenvalue weighted by Gasteiger charge is -2.19. The number of carbonyl (C=O) groups excluding carboxylic acids is 2. The number of pyridine rings is 1. The number of carbonyl (C=O) groups is 2. The van der Waals surface area contributed by atoms with E-state index in [0.29, 0.717) is 22.9 Å². The van der Waals surface area contributed by atoms with E-state index in [4.69, 9.17) is 32.4 Å². The summed E-state index contributed by atoms with van der Waals surface area (Å²) in [6.07, 6.45) is 3.27. The second-order valence-electron chi connectivity index (χ2n) is 6.47. The van der Waals surface area contributed by atoms with Crippen LogP contribution in [0.5, 0.6) is 0 Å². The largest absolute Gasteiger partial charge is 0.467 e. The van der Waals surface area contributed by atoms with Crippen LogP contribution >= 0.6 is 23.2 Å². The van der Waals surface area contributed by atoms with Crippen molar-refractivity contribution in [2.75, 3.05) is 6.61 Å². The molecule has 30 heavy (non-hydrogen) atoms. The van der Waals surface area contributed by atoms with Crippen LogP contribution in [0.1, 0.15) is 34.1 Å². The van der Waals surface area contributed by atoms with E-state index in [1.54, 1.807) is 24.3 Å². The Balaban J connectivity index is 1.50. The fourth-order valence-electron chi connectivity index (χ4n) is 3.03. The number of esters is 1. The zero-order valence-electron chi connectivity index (χ0n) is 15.5. The molecule has 0 fully saturated rings. The first kappa shape index (κ1) is 20.1. The van der Waals surface area contributed by atoms with Crippen molar-refractivity contribution in [3.8, 4) is 0 Å². The van der Waals surface area contributed by atoms with E-state index >= 15 is 0 Å². The lowest BCUT2D eigenvalue weighted by Crippen LogP contribution is -2.31. The lowest BCUT2D eigenvalue weighted by molar-refractivity contribution is -0.136. The molecule has 1 aliphatic rings. The molecule has 0 bridgehead atoms. The molecule has 0 N–H and O–H groups in total. The molecular formula is C21H15Cl2N3O4. The highest BCUT2D eigenvalue weighted by Gasteiger charge is 2.35. The van der Waals surface area contributed by atoms with Crippen LogP contribution in [0.3, 0.4) is 0 Å². The highest BCUT2D eigenvalue weighted by molar-refractivity contribution is 6.30. The Hall–Kier alpha value is -3.16. The monoisotopic (exact) mass is 443 g/mol. The Morgan fingerprint density at radius 2 is 1.93 bits per heavy atom. The molecule has 3 heterocycles. The first-order chi connectivity index (χ1) is 14.5. The van der Waals surface area contributed by atoms with Gasteiger partial charge in [-0.05, 0) is 42.0 Å². The molecular weight excluding hydrogens is 429 g/mol. The number of halogens is 2. The van der Waals surface area contributed by atoms with Gasteiger partial charge in [-0.2, -0.15) is 5.10 Å². The number of aromatic nitrogens is 1. The quantitative estimate of drug-likeness (QED) is 0.427. The summed E-state index contributed by atoms with van der Waals surface area (Å²) in [5, 5.41) is 6.61. The number of nitrogens with zero attached hydrogens (tertiary/aromatic N) is 3. The standard InChI is InChI=1S/C21H15Cl2N3O4/c22-15-6-3-13(4-7-15)16-10-17(18-2-1-9-29-18)26(25-16)20(27)12-30-21(28)14-5-8-19(23)24-11-14/h1-9,11,17H,10,12H2/t17-/m1/s1. The fraction of sp³-hybridized carbons (Fsp3) is 0.143. The van der Waals surface area contributed by atoms with Crippen LogP contribution in [0.15, 0.2) is 70.5 Å². The summed E-state index contributed by atoms with van der Waals surface area (Å²) in [5.41, 5.74) is 1.74. The minimum Gasteiger partial charge on any atom is -0.467 e. The molecule has 0 radical (unpaired) electrons. The average Bonchev–Trinajstić information content (AvgIpc) is 3.43. The number of rotatable bonds is 5. The zero-order chi connectivity index (χ0) is 21.1. The zero-order valence-corrected chi connectivity index (χ0v) is 17.0. The lowest BCUT2D eigenvalue weighted by atomic mass is 10.0. The molecule has 0 saturated heterocycles. The topological polar surface area (TPSA) is 85.0 Å². The Morgan fingerprint density at radius 1 is 1.13 bits per heavy atom. The van der Waals surface area contributed by atoms with Crippen molar-refractivity contribution in [3.05, 3.63) is 88.1 Å². The Kier molecular flexibility index (Phi) is 5.83. The summed E-state index contributed by atoms with van der Waals surface area (Å²) >= 11 is 11.7. The van der Waals surface area contributed by atoms with Crippen molar-refractivity contribution in [1.29, 1.82) is 0 Å². The highest BCUT2D eigenvalue weighted by atomic mass is 35.5. The third-order valence-electron chi connectivity index (χ3n) is 4.50. The van der Waals surface area contributed by atoms with Gasteiger partial charge in [-0.1, -0.05) is 35.3 Å². The van der Waals surface area contributed by atoms with Crippen molar-refractivity contribution in [1.82, 2.24) is 9.99 Å². The first-order valence-corrected chi connectivity index (χ1v) is 9.74. The van der Waals surface area contributed by atoms with Crippen molar-refractivity contribution in [2.24, 2.45) is 5.10 Å². The molecule has 1 aromatic carbocycles. The average molecular weight is 444 g/mol. The van der Waals surface area contributed by atoms with Crippen LogP contribution < -0.4 is 0 Å². The third kappa shape index (κ3) is 4.37. The molecule has 1 aliphatic heterocycles. The Bertz CT molecular complexity index is 1080. The van der Waals surface area contributed by atoms with Crippen LogP contribution in [0.25, 0.3) is 0 Å². The summed E-state index contributed by atoms with van der Waals surface area (Å²) in [7, 11) is 0. The first-order valence-electron chi connectivity index (χ1n) is 8.99. The number of hydrazone groups is 1. The molecule has 3 aromatic rings. The predicted octanol–water partition coefficient (Wildman–Crippen LogP) is 4.52. The smallest absolute Gasteiger partial charge is 0.340 e.